The maximum Gasteiger partial charge on any atom is 0.0175 e. The molecule has 3 heteroatoms. The van der Waals surface area contributed by atoms with Gasteiger partial charge in [-0.15, -0.1) is 0 Å². The first-order valence-electron chi connectivity index (χ1n) is 7.83. The lowest BCUT2D eigenvalue weighted by Gasteiger charge is -2.27. The lowest BCUT2D eigenvalue weighted by molar-refractivity contribution is 0.362. The molecule has 1 saturated heterocycles. The summed E-state index contributed by atoms with van der Waals surface area (Å²) in [4.78, 5) is 0. The van der Waals surface area contributed by atoms with Crippen LogP contribution in [-0.2, 0) is 6.42 Å². The van der Waals surface area contributed by atoms with Crippen molar-refractivity contribution in [2.45, 2.75) is 45.1 Å². The van der Waals surface area contributed by atoms with Crippen molar-refractivity contribution in [2.75, 3.05) is 18.1 Å². The fourth-order valence-electron chi connectivity index (χ4n) is 2.88. The van der Waals surface area contributed by atoms with E-state index in [4.69, 9.17) is 0 Å². The van der Waals surface area contributed by atoms with Crippen LogP contribution in [0, 0.1) is 5.92 Å². The molecule has 1 aromatic carbocycles. The van der Waals surface area contributed by atoms with E-state index in [0.717, 1.165) is 18.9 Å². The van der Waals surface area contributed by atoms with Gasteiger partial charge >= 0.3 is 0 Å². The second kappa shape index (κ2) is 9.11. The summed E-state index contributed by atoms with van der Waals surface area (Å²) in [6, 6.07) is 9.46. The van der Waals surface area contributed by atoms with E-state index in [1.807, 2.05) is 0 Å². The van der Waals surface area contributed by atoms with Crippen molar-refractivity contribution in [3.8, 4) is 0 Å². The largest absolute Gasteiger partial charge is 0.314 e. The summed E-state index contributed by atoms with van der Waals surface area (Å²) in [5.41, 5.74) is 1.45. The first-order valence-corrected chi connectivity index (χ1v) is 9.78. The minimum absolute atomic E-state index is 0.643. The van der Waals surface area contributed by atoms with Gasteiger partial charge < -0.3 is 5.32 Å². The number of nitrogens with one attached hydrogen (secondary N) is 1. The molecule has 0 saturated carbocycles. The van der Waals surface area contributed by atoms with Crippen LogP contribution < -0.4 is 5.32 Å². The predicted molar refractivity (Wildman–Crippen MR) is 94.6 cm³/mol. The topological polar surface area (TPSA) is 12.0 Å². The normalized spacial score (nSPS) is 18.1. The van der Waals surface area contributed by atoms with E-state index >= 15 is 0 Å². The molecule has 1 aliphatic rings. The molecule has 112 valence electrons. The molecule has 0 aliphatic carbocycles. The van der Waals surface area contributed by atoms with Gasteiger partial charge in [-0.3, -0.25) is 0 Å². The third-order valence-electron chi connectivity index (χ3n) is 4.04. The molecule has 1 fully saturated rings. The Hall–Kier alpha value is 0.01000. The lowest BCUT2D eigenvalue weighted by atomic mass is 9.91. The molecule has 0 radical (unpaired) electrons. The molecule has 1 aromatic rings. The van der Waals surface area contributed by atoms with E-state index in [1.54, 1.807) is 0 Å². The number of hydrogen-bond acceptors (Lipinski definition) is 2. The van der Waals surface area contributed by atoms with Crippen molar-refractivity contribution in [1.82, 2.24) is 5.32 Å². The van der Waals surface area contributed by atoms with Gasteiger partial charge in [0.05, 0.1) is 0 Å². The molecule has 1 unspecified atom stereocenters. The van der Waals surface area contributed by atoms with Gasteiger partial charge in [-0.1, -0.05) is 35.0 Å². The van der Waals surface area contributed by atoms with Crippen molar-refractivity contribution in [2.24, 2.45) is 5.92 Å². The van der Waals surface area contributed by atoms with Crippen LogP contribution in [0.1, 0.15) is 38.2 Å². The molecule has 1 atom stereocenters. The van der Waals surface area contributed by atoms with Crippen LogP contribution in [0.15, 0.2) is 28.7 Å². The summed E-state index contributed by atoms with van der Waals surface area (Å²) in [5.74, 6) is 3.66. The van der Waals surface area contributed by atoms with Gasteiger partial charge in [-0.25, -0.2) is 0 Å². The van der Waals surface area contributed by atoms with E-state index in [2.05, 4.69) is 64.2 Å². The van der Waals surface area contributed by atoms with Gasteiger partial charge in [0, 0.05) is 10.5 Å². The fourth-order valence-corrected chi connectivity index (χ4v) is 4.35. The monoisotopic (exact) mass is 355 g/mol. The maximum absolute atomic E-state index is 3.76. The molecule has 2 rings (SSSR count). The Balaban J connectivity index is 1.89. The molecule has 20 heavy (non-hydrogen) atoms. The van der Waals surface area contributed by atoms with Crippen LogP contribution in [-0.4, -0.2) is 24.1 Å². The minimum atomic E-state index is 0.643. The molecule has 0 bridgehead atoms. The first kappa shape index (κ1) is 16.4. The third kappa shape index (κ3) is 5.79. The summed E-state index contributed by atoms with van der Waals surface area (Å²) >= 11 is 5.64. The molecule has 0 spiro atoms. The van der Waals surface area contributed by atoms with E-state index in [9.17, 15) is 0 Å². The standard InChI is InChI=1S/C17H26BrNS/c1-2-9-19-17(13-15-7-10-20-11-8-15)12-14-3-5-16(18)6-4-14/h3-6,15,17,19H,2,7-13H2,1H3. The Labute approximate surface area is 136 Å². The third-order valence-corrected chi connectivity index (χ3v) is 5.61. The van der Waals surface area contributed by atoms with Crippen molar-refractivity contribution in [3.63, 3.8) is 0 Å². The number of hydrogen-bond donors (Lipinski definition) is 1. The zero-order valence-corrected chi connectivity index (χ0v) is 14.8. The second-order valence-corrected chi connectivity index (χ2v) is 7.91. The zero-order chi connectivity index (χ0) is 14.2. The van der Waals surface area contributed by atoms with Crippen LogP contribution in [0.3, 0.4) is 0 Å². The SMILES string of the molecule is CCCNC(Cc1ccc(Br)cc1)CC1CCSCC1. The zero-order valence-electron chi connectivity index (χ0n) is 12.4. The molecule has 1 N–H and O–H groups in total. The van der Waals surface area contributed by atoms with E-state index < -0.39 is 0 Å². The molecular weight excluding hydrogens is 330 g/mol. The van der Waals surface area contributed by atoms with Gasteiger partial charge in [-0.05, 0) is 73.8 Å². The van der Waals surface area contributed by atoms with Crippen LogP contribution in [0.5, 0.6) is 0 Å². The van der Waals surface area contributed by atoms with Crippen LogP contribution in [0.25, 0.3) is 0 Å². The van der Waals surface area contributed by atoms with Crippen LogP contribution in [0.2, 0.25) is 0 Å². The number of thioether (sulfide) groups is 1. The van der Waals surface area contributed by atoms with E-state index in [1.165, 1.54) is 47.2 Å². The molecule has 1 heterocycles. The van der Waals surface area contributed by atoms with Crippen LogP contribution >= 0.6 is 27.7 Å². The minimum Gasteiger partial charge on any atom is -0.314 e. The van der Waals surface area contributed by atoms with Gasteiger partial charge in [-0.2, -0.15) is 11.8 Å². The average molecular weight is 356 g/mol. The highest BCUT2D eigenvalue weighted by atomic mass is 79.9. The first-order chi connectivity index (χ1) is 9.78. The average Bonchev–Trinajstić information content (AvgIpc) is 2.48. The molecule has 1 nitrogen and oxygen atoms in total. The van der Waals surface area contributed by atoms with Gasteiger partial charge in [0.2, 0.25) is 0 Å². The Kier molecular flexibility index (Phi) is 7.47. The molecule has 1 aliphatic heterocycles. The summed E-state index contributed by atoms with van der Waals surface area (Å²) < 4.78 is 1.17. The Morgan fingerprint density at radius 3 is 2.60 bits per heavy atom. The van der Waals surface area contributed by atoms with Gasteiger partial charge in [0.15, 0.2) is 0 Å². The highest BCUT2D eigenvalue weighted by Crippen LogP contribution is 2.27. The second-order valence-electron chi connectivity index (χ2n) is 5.77. The predicted octanol–water partition coefficient (Wildman–Crippen LogP) is 4.89. The van der Waals surface area contributed by atoms with Crippen molar-refractivity contribution in [1.29, 1.82) is 0 Å². The number of rotatable bonds is 7. The Morgan fingerprint density at radius 2 is 1.95 bits per heavy atom. The summed E-state index contributed by atoms with van der Waals surface area (Å²) in [6.45, 7) is 3.39. The Bertz CT molecular complexity index is 373. The summed E-state index contributed by atoms with van der Waals surface area (Å²) in [7, 11) is 0. The quantitative estimate of drug-likeness (QED) is 0.746. The van der Waals surface area contributed by atoms with Crippen molar-refractivity contribution in [3.05, 3.63) is 34.3 Å². The molecule has 0 amide bonds. The highest BCUT2D eigenvalue weighted by Gasteiger charge is 2.19. The summed E-state index contributed by atoms with van der Waals surface area (Å²) in [6.07, 6.45) is 6.55. The van der Waals surface area contributed by atoms with E-state index in [0.29, 0.717) is 6.04 Å². The lowest BCUT2D eigenvalue weighted by Crippen LogP contribution is -2.34. The number of benzene rings is 1. The Morgan fingerprint density at radius 1 is 1.25 bits per heavy atom. The molecule has 0 aromatic heterocycles. The van der Waals surface area contributed by atoms with Gasteiger partial charge in [0.25, 0.3) is 0 Å². The fraction of sp³-hybridized carbons (Fsp3) is 0.647. The van der Waals surface area contributed by atoms with Crippen LogP contribution in [0.4, 0.5) is 0 Å². The smallest absolute Gasteiger partial charge is 0.0175 e. The van der Waals surface area contributed by atoms with Crippen molar-refractivity contribution < 1.29 is 0 Å². The van der Waals surface area contributed by atoms with Crippen molar-refractivity contribution >= 4 is 27.7 Å². The number of halogens is 1. The van der Waals surface area contributed by atoms with E-state index in [-0.39, 0.29) is 0 Å². The summed E-state index contributed by atoms with van der Waals surface area (Å²) in [5, 5.41) is 3.76. The highest BCUT2D eigenvalue weighted by molar-refractivity contribution is 9.10. The van der Waals surface area contributed by atoms with Gasteiger partial charge in [0.1, 0.15) is 0 Å². The maximum atomic E-state index is 3.76. The molecular formula is C17H26BrNS.